The highest BCUT2D eigenvalue weighted by molar-refractivity contribution is 8.14. The summed E-state index contributed by atoms with van der Waals surface area (Å²) in [6.07, 6.45) is 7.40. The zero-order chi connectivity index (χ0) is 16.6. The van der Waals surface area contributed by atoms with Crippen LogP contribution in [0.15, 0.2) is 42.0 Å². The number of nitrogens with one attached hydrogen (secondary N) is 2. The maximum atomic E-state index is 12.9. The second-order valence-electron chi connectivity index (χ2n) is 6.55. The van der Waals surface area contributed by atoms with E-state index >= 15 is 0 Å². The fraction of sp³-hybridized carbons (Fsp3) is 0.444. The maximum Gasteiger partial charge on any atom is 0.255 e. The highest BCUT2D eigenvalue weighted by Crippen LogP contribution is 2.47. The maximum absolute atomic E-state index is 12.9. The van der Waals surface area contributed by atoms with Crippen LogP contribution in [0.4, 0.5) is 5.69 Å². The van der Waals surface area contributed by atoms with Crippen LogP contribution in [-0.4, -0.2) is 27.5 Å². The molecule has 1 amide bonds. The van der Waals surface area contributed by atoms with Gasteiger partial charge in [0.05, 0.1) is 0 Å². The van der Waals surface area contributed by atoms with E-state index < -0.39 is 0 Å². The van der Waals surface area contributed by atoms with E-state index in [4.69, 9.17) is 5.10 Å². The molecule has 1 fully saturated rings. The number of para-hydroxylation sites is 1. The van der Waals surface area contributed by atoms with Gasteiger partial charge >= 0.3 is 0 Å². The van der Waals surface area contributed by atoms with Crippen LogP contribution in [0.3, 0.4) is 0 Å². The Balaban J connectivity index is 1.79. The van der Waals surface area contributed by atoms with Gasteiger partial charge in [-0.25, -0.2) is 0 Å². The standard InChI is InChI=1S/C18H22N4OS/c1-2-12-24-17-19-16(23)15-13-8-4-5-9-14(13)20-18(22(15)21-17)10-6-3-7-11-18/h2,4-5,8-9,15,20H,1,3,6-7,10-12H2,(H,19,21,23)/t15-/m0/s1. The molecule has 2 heterocycles. The summed E-state index contributed by atoms with van der Waals surface area (Å²) in [6.45, 7) is 3.74. The number of hydrogen-bond acceptors (Lipinski definition) is 5. The molecule has 0 saturated heterocycles. The predicted molar refractivity (Wildman–Crippen MR) is 98.7 cm³/mol. The predicted octanol–water partition coefficient (Wildman–Crippen LogP) is 3.44. The third-order valence-corrected chi connectivity index (χ3v) is 5.86. The monoisotopic (exact) mass is 342 g/mol. The summed E-state index contributed by atoms with van der Waals surface area (Å²) in [5, 5.41) is 14.2. The molecule has 3 aliphatic rings. The lowest BCUT2D eigenvalue weighted by atomic mass is 9.83. The van der Waals surface area contributed by atoms with E-state index in [1.807, 2.05) is 29.3 Å². The number of amides is 1. The van der Waals surface area contributed by atoms with Gasteiger partial charge in [-0.15, -0.1) is 11.7 Å². The zero-order valence-electron chi connectivity index (χ0n) is 13.6. The molecule has 1 aromatic rings. The molecule has 126 valence electrons. The van der Waals surface area contributed by atoms with Crippen LogP contribution >= 0.6 is 11.8 Å². The van der Waals surface area contributed by atoms with Crippen LogP contribution in [-0.2, 0) is 4.79 Å². The van der Waals surface area contributed by atoms with E-state index in [0.717, 1.165) is 42.7 Å². The highest BCUT2D eigenvalue weighted by Gasteiger charge is 2.50. The van der Waals surface area contributed by atoms with Crippen LogP contribution in [0.1, 0.15) is 43.7 Å². The Bertz CT molecular complexity index is 696. The molecule has 1 aliphatic carbocycles. The molecule has 24 heavy (non-hydrogen) atoms. The van der Waals surface area contributed by atoms with Crippen LogP contribution in [0.25, 0.3) is 0 Å². The number of hydrogen-bond donors (Lipinski definition) is 2. The summed E-state index contributed by atoms with van der Waals surface area (Å²) < 4.78 is 0. The second kappa shape index (κ2) is 6.16. The number of benzene rings is 1. The Hall–Kier alpha value is -1.95. The molecule has 0 aromatic heterocycles. The molecule has 1 saturated carbocycles. The first-order valence-electron chi connectivity index (χ1n) is 8.53. The lowest BCUT2D eigenvalue weighted by Gasteiger charge is -2.53. The molecule has 2 N–H and O–H groups in total. The summed E-state index contributed by atoms with van der Waals surface area (Å²) >= 11 is 1.52. The number of carbonyl (C=O) groups excluding carboxylic acids is 1. The third kappa shape index (κ3) is 2.49. The van der Waals surface area contributed by atoms with Crippen molar-refractivity contribution in [2.75, 3.05) is 11.1 Å². The largest absolute Gasteiger partial charge is 0.361 e. The van der Waals surface area contributed by atoms with Gasteiger partial charge in [-0.2, -0.15) is 0 Å². The van der Waals surface area contributed by atoms with Gasteiger partial charge in [0.25, 0.3) is 5.91 Å². The fourth-order valence-corrected chi connectivity index (χ4v) is 4.53. The smallest absolute Gasteiger partial charge is 0.255 e. The normalized spacial score (nSPS) is 24.3. The van der Waals surface area contributed by atoms with Gasteiger partial charge in [0.15, 0.2) is 11.2 Å². The van der Waals surface area contributed by atoms with Crippen molar-refractivity contribution in [1.82, 2.24) is 10.3 Å². The van der Waals surface area contributed by atoms with Crippen molar-refractivity contribution < 1.29 is 4.79 Å². The topological polar surface area (TPSA) is 56.7 Å². The zero-order valence-corrected chi connectivity index (χ0v) is 14.4. The first-order chi connectivity index (χ1) is 11.7. The summed E-state index contributed by atoms with van der Waals surface area (Å²) in [4.78, 5) is 12.9. The van der Waals surface area contributed by atoms with E-state index in [2.05, 4.69) is 23.3 Å². The first kappa shape index (κ1) is 15.6. The minimum absolute atomic E-state index is 0.00969. The average Bonchev–Trinajstić information content (AvgIpc) is 2.61. The average molecular weight is 342 g/mol. The number of rotatable bonds is 2. The van der Waals surface area contributed by atoms with Crippen molar-refractivity contribution in [3.8, 4) is 0 Å². The van der Waals surface area contributed by atoms with E-state index in [9.17, 15) is 4.79 Å². The number of amidine groups is 1. The molecule has 0 unspecified atom stereocenters. The van der Waals surface area contributed by atoms with Crippen LogP contribution in [0.2, 0.25) is 0 Å². The quantitative estimate of drug-likeness (QED) is 0.809. The molecule has 4 rings (SSSR count). The van der Waals surface area contributed by atoms with Crippen molar-refractivity contribution in [2.45, 2.75) is 43.8 Å². The SMILES string of the molecule is C=CCSC1=NN2[C@H](C(=O)N1)c1ccccc1NC21CCCCC1. The fourth-order valence-electron chi connectivity index (χ4n) is 3.93. The molecule has 2 aliphatic heterocycles. The van der Waals surface area contributed by atoms with Gasteiger partial charge < -0.3 is 10.6 Å². The van der Waals surface area contributed by atoms with Gasteiger partial charge in [-0.1, -0.05) is 42.5 Å². The van der Waals surface area contributed by atoms with E-state index in [1.165, 1.54) is 18.2 Å². The van der Waals surface area contributed by atoms with Crippen LogP contribution in [0.5, 0.6) is 0 Å². The Labute approximate surface area is 146 Å². The number of thioether (sulfide) groups is 1. The minimum Gasteiger partial charge on any atom is -0.361 e. The van der Waals surface area contributed by atoms with Crippen molar-refractivity contribution in [3.63, 3.8) is 0 Å². The minimum atomic E-state index is -0.353. The molecule has 1 atom stereocenters. The van der Waals surface area contributed by atoms with Gasteiger partial charge in [-0.3, -0.25) is 9.80 Å². The van der Waals surface area contributed by atoms with Gasteiger partial charge in [0, 0.05) is 17.0 Å². The molecular weight excluding hydrogens is 320 g/mol. The summed E-state index contributed by atoms with van der Waals surface area (Å²) in [7, 11) is 0. The van der Waals surface area contributed by atoms with Crippen LogP contribution in [0, 0.1) is 0 Å². The molecular formula is C18H22N4OS. The number of carbonyl (C=O) groups is 1. The van der Waals surface area contributed by atoms with E-state index in [-0.39, 0.29) is 17.6 Å². The summed E-state index contributed by atoms with van der Waals surface area (Å²) in [6, 6.07) is 7.74. The first-order valence-corrected chi connectivity index (χ1v) is 9.52. The van der Waals surface area contributed by atoms with Gasteiger partial charge in [0.1, 0.15) is 5.66 Å². The number of hydrazone groups is 1. The molecule has 0 bridgehead atoms. The number of fused-ring (bicyclic) bond motifs is 4. The van der Waals surface area contributed by atoms with Crippen molar-refractivity contribution in [1.29, 1.82) is 0 Å². The molecule has 6 heteroatoms. The van der Waals surface area contributed by atoms with Gasteiger partial charge in [-0.05, 0) is 31.7 Å². The molecule has 1 aromatic carbocycles. The van der Waals surface area contributed by atoms with Crippen molar-refractivity contribution >= 4 is 28.5 Å². The van der Waals surface area contributed by atoms with Crippen LogP contribution < -0.4 is 10.6 Å². The van der Waals surface area contributed by atoms with E-state index in [0.29, 0.717) is 5.17 Å². The lowest BCUT2D eigenvalue weighted by Crippen LogP contribution is -2.62. The molecule has 1 spiro atoms. The Kier molecular flexibility index (Phi) is 4.00. The van der Waals surface area contributed by atoms with Gasteiger partial charge in [0.2, 0.25) is 0 Å². The lowest BCUT2D eigenvalue weighted by molar-refractivity contribution is -0.130. The third-order valence-electron chi connectivity index (χ3n) is 5.00. The van der Waals surface area contributed by atoms with Crippen molar-refractivity contribution in [2.24, 2.45) is 5.10 Å². The molecule has 0 radical (unpaired) electrons. The Morgan fingerprint density at radius 1 is 1.33 bits per heavy atom. The molecule has 5 nitrogen and oxygen atoms in total. The number of nitrogens with zero attached hydrogens (tertiary/aromatic N) is 2. The summed E-state index contributed by atoms with van der Waals surface area (Å²) in [5.74, 6) is 0.740. The Morgan fingerprint density at radius 2 is 2.12 bits per heavy atom. The highest BCUT2D eigenvalue weighted by atomic mass is 32.2. The van der Waals surface area contributed by atoms with Crippen molar-refractivity contribution in [3.05, 3.63) is 42.5 Å². The summed E-state index contributed by atoms with van der Waals surface area (Å²) in [5.41, 5.74) is 1.81. The Morgan fingerprint density at radius 3 is 2.92 bits per heavy atom. The number of anilines is 1. The van der Waals surface area contributed by atoms with E-state index in [1.54, 1.807) is 0 Å². The second-order valence-corrected chi connectivity index (χ2v) is 7.55.